The first kappa shape index (κ1) is 50.4. The lowest BCUT2D eigenvalue weighted by Crippen LogP contribution is -2.49. The van der Waals surface area contributed by atoms with Gasteiger partial charge in [-0.05, 0) is 166 Å². The normalized spacial score (nSPS) is 24.4. The number of nitrogens with zero attached hydrogens (tertiary/aromatic N) is 2. The average Bonchev–Trinajstić information content (AvgIpc) is 4.10. The van der Waals surface area contributed by atoms with Gasteiger partial charge in [0.1, 0.15) is 11.2 Å². The summed E-state index contributed by atoms with van der Waals surface area (Å²) in [7, 11) is 0. The van der Waals surface area contributed by atoms with E-state index in [9.17, 15) is 24.6 Å². The van der Waals surface area contributed by atoms with E-state index in [1.807, 2.05) is 84.0 Å². The van der Waals surface area contributed by atoms with Crippen LogP contribution >= 0.6 is 0 Å². The molecule has 0 bridgehead atoms. The van der Waals surface area contributed by atoms with Crippen molar-refractivity contribution in [2.75, 3.05) is 39.3 Å². The van der Waals surface area contributed by atoms with E-state index in [1.165, 1.54) is 5.56 Å². The van der Waals surface area contributed by atoms with Gasteiger partial charge in [-0.1, -0.05) is 91.0 Å². The Morgan fingerprint density at radius 3 is 2.01 bits per heavy atom. The van der Waals surface area contributed by atoms with Gasteiger partial charge in [0.05, 0.1) is 11.2 Å². The minimum Gasteiger partial charge on any atom is -0.444 e. The molecule has 3 aromatic rings. The molecule has 4 fully saturated rings. The van der Waals surface area contributed by atoms with Gasteiger partial charge in [0, 0.05) is 56.0 Å². The molecule has 10 heteroatoms. The molecule has 10 nitrogen and oxygen atoms in total. The molecule has 3 heterocycles. The Morgan fingerprint density at radius 1 is 0.716 bits per heavy atom. The predicted octanol–water partition coefficient (Wildman–Crippen LogP) is 11.4. The summed E-state index contributed by atoms with van der Waals surface area (Å²) in [5.74, 6) is 0.815. The number of piperidine rings is 3. The summed E-state index contributed by atoms with van der Waals surface area (Å²) in [6, 6.07) is 26.6. The highest BCUT2D eigenvalue weighted by molar-refractivity contribution is 5.98. The molecule has 7 unspecified atom stereocenters. The number of carbonyl (C=O) groups is 3. The van der Waals surface area contributed by atoms with Crippen molar-refractivity contribution < 1.29 is 34.1 Å². The van der Waals surface area contributed by atoms with E-state index in [0.717, 1.165) is 107 Å². The molecule has 1 saturated carbocycles. The van der Waals surface area contributed by atoms with E-state index in [4.69, 9.17) is 9.47 Å². The number of hydrogen-bond donors (Lipinski definition) is 3. The molecule has 3 N–H and O–H groups in total. The van der Waals surface area contributed by atoms with Crippen LogP contribution in [0.5, 0.6) is 0 Å². The minimum atomic E-state index is -1.14. The van der Waals surface area contributed by atoms with Crippen LogP contribution in [-0.2, 0) is 20.7 Å². The number of benzene rings is 3. The molecule has 67 heavy (non-hydrogen) atoms. The number of ketones is 1. The van der Waals surface area contributed by atoms with E-state index >= 15 is 0 Å². The summed E-state index contributed by atoms with van der Waals surface area (Å²) in [4.78, 5) is 43.0. The Balaban J connectivity index is 0.988. The first-order valence-corrected chi connectivity index (χ1v) is 25.5. The number of nitrogens with one attached hydrogen (secondary N) is 1. The zero-order valence-electron chi connectivity index (χ0n) is 41.3. The second kappa shape index (κ2) is 21.8. The Bertz CT molecular complexity index is 2140. The van der Waals surface area contributed by atoms with Crippen LogP contribution in [0.15, 0.2) is 84.9 Å². The maximum Gasteiger partial charge on any atom is 0.410 e. The highest BCUT2D eigenvalue weighted by atomic mass is 16.6. The van der Waals surface area contributed by atoms with Crippen LogP contribution in [0.25, 0.3) is 6.08 Å². The van der Waals surface area contributed by atoms with Crippen molar-refractivity contribution in [2.24, 2.45) is 23.7 Å². The van der Waals surface area contributed by atoms with Crippen molar-refractivity contribution in [1.82, 2.24) is 15.1 Å². The fourth-order valence-corrected chi connectivity index (χ4v) is 11.0. The maximum atomic E-state index is 13.5. The second-order valence-corrected chi connectivity index (χ2v) is 22.2. The fourth-order valence-electron chi connectivity index (χ4n) is 11.0. The van der Waals surface area contributed by atoms with Gasteiger partial charge in [-0.15, -0.1) is 0 Å². The van der Waals surface area contributed by atoms with Crippen LogP contribution in [0.1, 0.15) is 164 Å². The van der Waals surface area contributed by atoms with Crippen molar-refractivity contribution in [1.29, 1.82) is 0 Å². The molecule has 0 radical (unpaired) electrons. The first-order chi connectivity index (χ1) is 31.9. The highest BCUT2D eigenvalue weighted by Crippen LogP contribution is 2.52. The topological polar surface area (TPSA) is 129 Å². The molecular weight excluding hydrogens is 839 g/mol. The van der Waals surface area contributed by atoms with Gasteiger partial charge >= 0.3 is 12.2 Å². The third-order valence-electron chi connectivity index (χ3n) is 14.7. The van der Waals surface area contributed by atoms with Gasteiger partial charge < -0.3 is 34.8 Å². The van der Waals surface area contributed by atoms with Crippen LogP contribution in [0.4, 0.5) is 9.59 Å². The first-order valence-electron chi connectivity index (χ1n) is 25.5. The maximum absolute atomic E-state index is 13.5. The van der Waals surface area contributed by atoms with E-state index in [1.54, 1.807) is 9.80 Å². The van der Waals surface area contributed by atoms with E-state index in [2.05, 4.69) is 53.9 Å². The summed E-state index contributed by atoms with van der Waals surface area (Å²) < 4.78 is 11.4. The summed E-state index contributed by atoms with van der Waals surface area (Å²) in [6.45, 7) is 15.1. The SMILES string of the molecule is CC(C)(C)OC(=O)N1CCCC(C(=O)c2ccc(/C=C/CCCC(O)(c3cccc(C4CC4CCCC(O)(c4ccccc4)C4CCCNC4)c3)C3CCCN(C(=O)OC(C)(C)C)C3)cc2)C1. The number of likely N-dealkylation sites (tertiary alicyclic amines) is 2. The zero-order valence-corrected chi connectivity index (χ0v) is 41.3. The van der Waals surface area contributed by atoms with Crippen LogP contribution < -0.4 is 5.32 Å². The number of amides is 2. The van der Waals surface area contributed by atoms with Crippen LogP contribution in [-0.4, -0.2) is 88.5 Å². The van der Waals surface area contributed by atoms with Crippen LogP contribution in [0, 0.1) is 23.7 Å². The molecule has 2 amide bonds. The van der Waals surface area contributed by atoms with Crippen LogP contribution in [0.2, 0.25) is 0 Å². The Morgan fingerprint density at radius 2 is 1.34 bits per heavy atom. The van der Waals surface area contributed by atoms with E-state index in [-0.39, 0.29) is 35.7 Å². The van der Waals surface area contributed by atoms with Crippen molar-refractivity contribution >= 4 is 24.0 Å². The minimum absolute atomic E-state index is 0.0525. The van der Waals surface area contributed by atoms with Gasteiger partial charge in [0.25, 0.3) is 0 Å². The summed E-state index contributed by atoms with van der Waals surface area (Å²) in [5.41, 5.74) is 1.68. The van der Waals surface area contributed by atoms with Gasteiger partial charge in [0.15, 0.2) is 5.78 Å². The van der Waals surface area contributed by atoms with Crippen molar-refractivity contribution in [3.63, 3.8) is 0 Å². The second-order valence-electron chi connectivity index (χ2n) is 22.2. The number of aliphatic hydroxyl groups is 2. The Kier molecular flexibility index (Phi) is 16.4. The largest absolute Gasteiger partial charge is 0.444 e. The molecule has 3 saturated heterocycles. The third kappa shape index (κ3) is 13.4. The Labute approximate surface area is 400 Å². The number of hydrogen-bond acceptors (Lipinski definition) is 8. The Hall–Kier alpha value is -4.51. The van der Waals surface area contributed by atoms with Gasteiger partial charge in [-0.25, -0.2) is 9.59 Å². The fraction of sp³-hybridized carbons (Fsp3) is 0.596. The number of ether oxygens (including phenoxy) is 2. The lowest BCUT2D eigenvalue weighted by atomic mass is 9.73. The smallest absolute Gasteiger partial charge is 0.410 e. The number of carbonyl (C=O) groups excluding carboxylic acids is 3. The molecule has 364 valence electrons. The number of rotatable bonds is 16. The molecule has 4 aliphatic rings. The number of Topliss-reactive ketones (excluding diaryl/α,β-unsaturated/α-hetero) is 1. The third-order valence-corrected chi connectivity index (χ3v) is 14.7. The van der Waals surface area contributed by atoms with Gasteiger partial charge in [0.2, 0.25) is 0 Å². The van der Waals surface area contributed by atoms with Gasteiger partial charge in [-0.2, -0.15) is 0 Å². The molecule has 7 rings (SSSR count). The molecule has 0 aromatic heterocycles. The molecule has 7 atom stereocenters. The zero-order chi connectivity index (χ0) is 47.8. The summed E-state index contributed by atoms with van der Waals surface area (Å²) in [6.07, 6.45) is 14.7. The summed E-state index contributed by atoms with van der Waals surface area (Å²) in [5, 5.41) is 28.8. The lowest BCUT2D eigenvalue weighted by Gasteiger charge is -2.43. The van der Waals surface area contributed by atoms with Gasteiger partial charge in [-0.3, -0.25) is 4.79 Å². The van der Waals surface area contributed by atoms with Crippen molar-refractivity contribution in [3.8, 4) is 0 Å². The monoisotopic (exact) mass is 918 g/mol. The highest BCUT2D eigenvalue weighted by Gasteiger charge is 2.45. The number of allylic oxidation sites excluding steroid dienone is 1. The predicted molar refractivity (Wildman–Crippen MR) is 266 cm³/mol. The van der Waals surface area contributed by atoms with Crippen molar-refractivity contribution in [2.45, 2.75) is 153 Å². The number of unbranched alkanes of at least 4 members (excludes halogenated alkanes) is 1. The molecular formula is C57H79N3O7. The molecule has 3 aliphatic heterocycles. The van der Waals surface area contributed by atoms with Crippen molar-refractivity contribution in [3.05, 3.63) is 113 Å². The summed E-state index contributed by atoms with van der Waals surface area (Å²) >= 11 is 0. The lowest BCUT2D eigenvalue weighted by molar-refractivity contribution is -0.0633. The molecule has 1 aliphatic carbocycles. The van der Waals surface area contributed by atoms with E-state index in [0.29, 0.717) is 50.0 Å². The standard InChI is InChI=1S/C57H79N3O7/c1-54(2,3)66-52(62)59-34-16-21-45(39-59)51(61)42-29-27-41(28-30-42)18-9-8-12-31-57(65,49-26-17-35-60(40-49)53(63)67-55(4,5)6)47-24-13-19-43(36-47)50-37-44(50)20-14-32-56(64,46-22-10-7-11-23-46)48-25-15-33-58-38-48/h7,9-11,13,18-19,22-24,27-30,36,44-45,48-50,58,64-65H,8,12,14-17,20-21,25-26,31-35,37-40H2,1-6H3/b18-9+. The molecule has 3 aromatic carbocycles. The van der Waals surface area contributed by atoms with E-state index < -0.39 is 22.4 Å². The van der Waals surface area contributed by atoms with Crippen LogP contribution in [0.3, 0.4) is 0 Å². The average molecular weight is 918 g/mol. The quantitative estimate of drug-likeness (QED) is 0.0957. The molecule has 0 spiro atoms.